The summed E-state index contributed by atoms with van der Waals surface area (Å²) in [5, 5.41) is 0.548. The summed E-state index contributed by atoms with van der Waals surface area (Å²) in [4.78, 5) is 51.6. The predicted molar refractivity (Wildman–Crippen MR) is 99.8 cm³/mol. The van der Waals surface area contributed by atoms with Gasteiger partial charge in [-0.3, -0.25) is 19.2 Å². The highest BCUT2D eigenvalue weighted by Crippen LogP contribution is 2.27. The minimum Gasteiger partial charge on any atom is -0.443 e. The van der Waals surface area contributed by atoms with Crippen molar-refractivity contribution < 1.29 is 23.9 Å². The van der Waals surface area contributed by atoms with Crippen LogP contribution < -0.4 is 4.90 Å². The van der Waals surface area contributed by atoms with Gasteiger partial charge in [0.1, 0.15) is 0 Å². The fourth-order valence-corrected chi connectivity index (χ4v) is 3.46. The van der Waals surface area contributed by atoms with Gasteiger partial charge in [-0.25, -0.2) is 4.90 Å². The van der Waals surface area contributed by atoms with Crippen molar-refractivity contribution in [1.29, 1.82) is 0 Å². The average Bonchev–Trinajstić information content (AvgIpc) is 3.20. The molecule has 2 heterocycles. The van der Waals surface area contributed by atoms with Crippen molar-refractivity contribution in [3.8, 4) is 0 Å². The Bertz CT molecular complexity index is 953. The van der Waals surface area contributed by atoms with Gasteiger partial charge in [-0.05, 0) is 36.4 Å². The van der Waals surface area contributed by atoms with Gasteiger partial charge in [-0.15, -0.1) is 0 Å². The maximum Gasteiger partial charge on any atom is 0.313 e. The zero-order chi connectivity index (χ0) is 19.8. The topological polar surface area (TPSA) is 84.0 Å². The summed E-state index contributed by atoms with van der Waals surface area (Å²) in [5.74, 6) is -2.50. The van der Waals surface area contributed by atoms with Crippen LogP contribution in [0.3, 0.4) is 0 Å². The van der Waals surface area contributed by atoms with Crippen LogP contribution in [0.1, 0.15) is 27.1 Å². The van der Waals surface area contributed by atoms with Crippen LogP contribution in [0.2, 0.25) is 5.02 Å². The van der Waals surface area contributed by atoms with E-state index in [2.05, 4.69) is 0 Å². The van der Waals surface area contributed by atoms with Gasteiger partial charge in [0, 0.05) is 23.7 Å². The Balaban J connectivity index is 1.39. The van der Waals surface area contributed by atoms with E-state index in [1.807, 2.05) is 0 Å². The van der Waals surface area contributed by atoms with Crippen molar-refractivity contribution in [1.82, 2.24) is 4.90 Å². The lowest BCUT2D eigenvalue weighted by Crippen LogP contribution is -2.35. The molecule has 2 aromatic rings. The number of rotatable bonds is 4. The van der Waals surface area contributed by atoms with Crippen LogP contribution in [0, 0.1) is 5.92 Å². The van der Waals surface area contributed by atoms with Crippen molar-refractivity contribution in [2.75, 3.05) is 18.2 Å². The number of nitrogens with zero attached hydrogens (tertiary/aromatic N) is 2. The molecule has 2 aliphatic rings. The molecule has 0 spiro atoms. The van der Waals surface area contributed by atoms with E-state index in [9.17, 15) is 19.2 Å². The van der Waals surface area contributed by atoms with Crippen molar-refractivity contribution in [2.45, 2.75) is 6.42 Å². The van der Waals surface area contributed by atoms with Gasteiger partial charge in [0.15, 0.2) is 6.73 Å². The number of carbonyl (C=O) groups is 4. The van der Waals surface area contributed by atoms with Crippen LogP contribution in [0.15, 0.2) is 48.5 Å². The number of esters is 1. The molecule has 0 N–H and O–H groups in total. The van der Waals surface area contributed by atoms with Gasteiger partial charge in [0.25, 0.3) is 11.8 Å². The molecule has 28 heavy (non-hydrogen) atoms. The number of fused-ring (bicyclic) bond motifs is 1. The third-order valence-electron chi connectivity index (χ3n) is 4.81. The third-order valence-corrected chi connectivity index (χ3v) is 5.06. The number of anilines is 1. The molecule has 0 bridgehead atoms. The standard InChI is InChI=1S/C20H15ClN2O5/c21-13-5-7-14(8-6-13)22-10-12(9-17(22)24)20(27)28-11-23-18(25)15-3-1-2-4-16(15)19(23)26/h1-8,12H,9-11H2/t12-/m1/s1. The Kier molecular flexibility index (Phi) is 4.60. The molecule has 0 saturated carbocycles. The van der Waals surface area contributed by atoms with Crippen LogP contribution in [-0.4, -0.2) is 41.9 Å². The minimum atomic E-state index is -0.668. The summed E-state index contributed by atoms with van der Waals surface area (Å²) in [6, 6.07) is 13.2. The second kappa shape index (κ2) is 7.09. The van der Waals surface area contributed by atoms with E-state index in [1.165, 1.54) is 4.90 Å². The zero-order valence-electron chi connectivity index (χ0n) is 14.6. The lowest BCUT2D eigenvalue weighted by atomic mass is 10.1. The first kappa shape index (κ1) is 18.2. The summed E-state index contributed by atoms with van der Waals surface area (Å²) in [6.45, 7) is -0.307. The maximum atomic E-state index is 12.4. The van der Waals surface area contributed by atoms with Gasteiger partial charge in [-0.2, -0.15) is 0 Å². The first-order valence-corrected chi connectivity index (χ1v) is 9.01. The van der Waals surface area contributed by atoms with Crippen LogP contribution in [0.4, 0.5) is 5.69 Å². The third kappa shape index (κ3) is 3.14. The van der Waals surface area contributed by atoms with Gasteiger partial charge >= 0.3 is 5.97 Å². The first-order chi connectivity index (χ1) is 13.5. The number of amides is 3. The molecular weight excluding hydrogens is 384 g/mol. The molecule has 142 valence electrons. The van der Waals surface area contributed by atoms with Crippen LogP contribution >= 0.6 is 11.6 Å². The molecule has 3 amide bonds. The summed E-state index contributed by atoms with van der Waals surface area (Å²) < 4.78 is 5.18. The molecule has 8 heteroatoms. The molecule has 0 aromatic heterocycles. The minimum absolute atomic E-state index is 0.00355. The molecular formula is C20H15ClN2O5. The highest BCUT2D eigenvalue weighted by atomic mass is 35.5. The number of benzene rings is 2. The quantitative estimate of drug-likeness (QED) is 0.583. The Labute approximate surface area is 165 Å². The van der Waals surface area contributed by atoms with Crippen LogP contribution in [0.5, 0.6) is 0 Å². The van der Waals surface area contributed by atoms with Crippen molar-refractivity contribution in [3.63, 3.8) is 0 Å². The van der Waals surface area contributed by atoms with Crippen molar-refractivity contribution in [3.05, 3.63) is 64.7 Å². The Morgan fingerprint density at radius 1 is 1.00 bits per heavy atom. The molecule has 0 aliphatic carbocycles. The van der Waals surface area contributed by atoms with Gasteiger partial charge < -0.3 is 9.64 Å². The van der Waals surface area contributed by atoms with E-state index >= 15 is 0 Å². The second-order valence-corrected chi connectivity index (χ2v) is 6.99. The summed E-state index contributed by atoms with van der Waals surface area (Å²) in [6.07, 6.45) is 0.00355. The molecule has 1 atom stereocenters. The van der Waals surface area contributed by atoms with Gasteiger partial charge in [-0.1, -0.05) is 23.7 Å². The smallest absolute Gasteiger partial charge is 0.313 e. The van der Waals surface area contributed by atoms with Crippen LogP contribution in [0.25, 0.3) is 0 Å². The second-order valence-electron chi connectivity index (χ2n) is 6.56. The van der Waals surface area contributed by atoms with E-state index < -0.39 is 30.4 Å². The lowest BCUT2D eigenvalue weighted by Gasteiger charge is -2.17. The van der Waals surface area contributed by atoms with Crippen molar-refractivity contribution >= 4 is 41.0 Å². The zero-order valence-corrected chi connectivity index (χ0v) is 15.4. The summed E-state index contributed by atoms with van der Waals surface area (Å²) in [7, 11) is 0. The maximum absolute atomic E-state index is 12.4. The number of hydrogen-bond acceptors (Lipinski definition) is 5. The first-order valence-electron chi connectivity index (χ1n) is 8.63. The highest BCUT2D eigenvalue weighted by molar-refractivity contribution is 6.30. The van der Waals surface area contributed by atoms with E-state index in [-0.39, 0.29) is 30.0 Å². The monoisotopic (exact) mass is 398 g/mol. The fraction of sp³-hybridized carbons (Fsp3) is 0.200. The molecule has 0 radical (unpaired) electrons. The Morgan fingerprint density at radius 2 is 1.61 bits per heavy atom. The Morgan fingerprint density at radius 3 is 2.21 bits per heavy atom. The van der Waals surface area contributed by atoms with Gasteiger partial charge in [0.05, 0.1) is 17.0 Å². The van der Waals surface area contributed by atoms with Crippen molar-refractivity contribution in [2.24, 2.45) is 5.92 Å². The van der Waals surface area contributed by atoms with E-state index in [0.29, 0.717) is 10.7 Å². The SMILES string of the molecule is O=C(OCN1C(=O)c2ccccc2C1=O)[C@@H]1CC(=O)N(c2ccc(Cl)cc2)C1. The average molecular weight is 399 g/mol. The molecule has 4 rings (SSSR count). The number of hydrogen-bond donors (Lipinski definition) is 0. The molecule has 0 unspecified atom stereocenters. The number of imide groups is 1. The fourth-order valence-electron chi connectivity index (χ4n) is 3.34. The predicted octanol–water partition coefficient (Wildman–Crippen LogP) is 2.49. The van der Waals surface area contributed by atoms with Gasteiger partial charge in [0.2, 0.25) is 5.91 Å². The van der Waals surface area contributed by atoms with E-state index in [0.717, 1.165) is 4.90 Å². The largest absolute Gasteiger partial charge is 0.443 e. The van der Waals surface area contributed by atoms with Crippen LogP contribution in [-0.2, 0) is 14.3 Å². The molecule has 2 aromatic carbocycles. The van der Waals surface area contributed by atoms with E-state index in [1.54, 1.807) is 48.5 Å². The van der Waals surface area contributed by atoms with E-state index in [4.69, 9.17) is 16.3 Å². The Hall–Kier alpha value is -3.19. The molecule has 2 aliphatic heterocycles. The highest BCUT2D eigenvalue weighted by Gasteiger charge is 2.39. The summed E-state index contributed by atoms with van der Waals surface area (Å²) in [5.41, 5.74) is 1.21. The molecule has 7 nitrogen and oxygen atoms in total. The summed E-state index contributed by atoms with van der Waals surface area (Å²) >= 11 is 5.86. The number of ether oxygens (including phenoxy) is 1. The number of carbonyl (C=O) groups excluding carboxylic acids is 4. The number of halogens is 1. The molecule has 1 saturated heterocycles. The molecule has 1 fully saturated rings. The lowest BCUT2D eigenvalue weighted by molar-refractivity contribution is -0.151. The normalized spacial score (nSPS) is 18.6.